The highest BCUT2D eigenvalue weighted by Crippen LogP contribution is 2.50. The lowest BCUT2D eigenvalue weighted by Gasteiger charge is -2.21. The van der Waals surface area contributed by atoms with E-state index in [1.54, 1.807) is 0 Å². The van der Waals surface area contributed by atoms with E-state index in [-0.39, 0.29) is 5.41 Å². The zero-order valence-electron chi connectivity index (χ0n) is 79.6. The molecule has 26 rings (SSSR count). The lowest BCUT2D eigenvalue weighted by molar-refractivity contribution is 0.660. The van der Waals surface area contributed by atoms with Crippen LogP contribution in [0.15, 0.2) is 522 Å². The Morgan fingerprint density at radius 3 is 0.641 bits per heavy atom. The third-order valence-electron chi connectivity index (χ3n) is 27.2. The maximum Gasteiger partial charge on any atom is 0.164 e. The molecule has 1 aliphatic carbocycles. The number of aromatic nitrogens is 10. The van der Waals surface area contributed by atoms with Crippen molar-refractivity contribution in [3.63, 3.8) is 0 Å². The summed E-state index contributed by atoms with van der Waals surface area (Å²) in [7, 11) is 0. The minimum atomic E-state index is -0.0900. The van der Waals surface area contributed by atoms with Gasteiger partial charge >= 0.3 is 0 Å². The van der Waals surface area contributed by atoms with Crippen LogP contribution in [0.25, 0.3) is 246 Å². The summed E-state index contributed by atoms with van der Waals surface area (Å²) in [6.07, 6.45) is 0. The number of nitrogens with zero attached hydrogens (tertiary/aromatic N) is 10. The van der Waals surface area contributed by atoms with Crippen LogP contribution < -0.4 is 0 Å². The lowest BCUT2D eigenvalue weighted by atomic mass is 9.82. The van der Waals surface area contributed by atoms with Crippen LogP contribution in [0.4, 0.5) is 0 Å². The summed E-state index contributed by atoms with van der Waals surface area (Å²) in [5.74, 6) is 3.82. The van der Waals surface area contributed by atoms with E-state index >= 15 is 0 Å². The first-order valence-corrected chi connectivity index (χ1v) is 48.9. The molecule has 25 aromatic rings. The van der Waals surface area contributed by atoms with E-state index in [2.05, 4.69) is 463 Å². The highest BCUT2D eigenvalue weighted by Gasteiger charge is 2.36. The van der Waals surface area contributed by atoms with E-state index < -0.39 is 0 Å². The Morgan fingerprint density at radius 2 is 0.324 bits per heavy atom. The Labute approximate surface area is 842 Å². The molecule has 682 valence electrons. The molecule has 0 saturated carbocycles. The van der Waals surface area contributed by atoms with Gasteiger partial charge in [-0.1, -0.05) is 445 Å². The van der Waals surface area contributed by atoms with Crippen molar-refractivity contribution in [3.8, 4) is 202 Å². The van der Waals surface area contributed by atoms with Gasteiger partial charge in [0.1, 0.15) is 0 Å². The number of hydrogen-bond acceptors (Lipinski definition) is 10. The molecule has 145 heavy (non-hydrogen) atoms. The molecule has 6 heterocycles. The number of hydrogen-bond donors (Lipinski definition) is 0. The van der Waals surface area contributed by atoms with Gasteiger partial charge in [-0.05, 0) is 191 Å². The van der Waals surface area contributed by atoms with Crippen LogP contribution in [0.3, 0.4) is 0 Å². The minimum Gasteiger partial charge on any atom is -0.245 e. The molecule has 0 radical (unpaired) electrons. The van der Waals surface area contributed by atoms with Crippen LogP contribution in [-0.2, 0) is 5.41 Å². The van der Waals surface area contributed by atoms with Crippen LogP contribution in [0.2, 0.25) is 0 Å². The molecule has 0 saturated heterocycles. The molecule has 0 spiro atoms. The molecule has 0 unspecified atom stereocenters. The van der Waals surface area contributed by atoms with Gasteiger partial charge in [-0.3, -0.25) is 0 Å². The Hall–Kier alpha value is -19.2. The van der Waals surface area contributed by atoms with E-state index in [1.165, 1.54) is 27.8 Å². The first kappa shape index (κ1) is 88.5. The second-order valence-electron chi connectivity index (χ2n) is 37.0. The molecule has 19 aromatic carbocycles. The molecule has 0 atom stereocenters. The molecular weight excluding hydrogens is 1760 g/mol. The van der Waals surface area contributed by atoms with Crippen LogP contribution in [0.5, 0.6) is 0 Å². The van der Waals surface area contributed by atoms with Gasteiger partial charge in [-0.25, -0.2) is 49.8 Å². The summed E-state index contributed by atoms with van der Waals surface area (Å²) in [6, 6.07) is 182. The van der Waals surface area contributed by atoms with Crippen molar-refractivity contribution in [1.82, 2.24) is 49.8 Å². The predicted octanol–water partition coefficient (Wildman–Crippen LogP) is 34.3. The van der Waals surface area contributed by atoms with Crippen molar-refractivity contribution in [1.29, 1.82) is 0 Å². The Kier molecular flexibility index (Phi) is 24.0. The van der Waals surface area contributed by atoms with Crippen molar-refractivity contribution in [2.24, 2.45) is 0 Å². The molecule has 0 bridgehead atoms. The molecule has 10 heteroatoms. The Balaban J connectivity index is 0.000000120. The predicted molar refractivity (Wildman–Crippen MR) is 597 cm³/mol. The summed E-state index contributed by atoms with van der Waals surface area (Å²) in [6.45, 7) is 4.59. The van der Waals surface area contributed by atoms with E-state index in [0.717, 1.165) is 194 Å². The van der Waals surface area contributed by atoms with Crippen molar-refractivity contribution in [3.05, 3.63) is 533 Å². The lowest BCUT2D eigenvalue weighted by Crippen LogP contribution is -2.15. The normalized spacial score (nSPS) is 11.7. The fourth-order valence-electron chi connectivity index (χ4n) is 19.7. The Bertz CT molecular complexity index is 8380. The molecule has 0 amide bonds. The summed E-state index contributed by atoms with van der Waals surface area (Å²) in [4.78, 5) is 51.5. The monoisotopic (exact) mass is 1850 g/mol. The van der Waals surface area contributed by atoms with Gasteiger partial charge in [-0.2, -0.15) is 0 Å². The van der Waals surface area contributed by atoms with Gasteiger partial charge in [0.2, 0.25) is 0 Å². The maximum absolute atomic E-state index is 5.38. The average molecular weight is 1850 g/mol. The van der Waals surface area contributed by atoms with Crippen molar-refractivity contribution >= 4 is 43.6 Å². The smallest absolute Gasteiger partial charge is 0.164 e. The summed E-state index contributed by atoms with van der Waals surface area (Å²) < 4.78 is 0. The third-order valence-corrected chi connectivity index (χ3v) is 27.2. The molecular formula is C135H92N10. The first-order valence-electron chi connectivity index (χ1n) is 48.9. The SMILES string of the molecule is CC1(C)c2ccccc2-c2ccc(-c3nc(-c4ccccc4)nc(-c4ccc(-c5ccccc5)cc4)n3)cc21.c1ccc(-c2cc(-c3ccccc3)cc(-c3nc(-c4cc(-c5ccccc5)cc(-c5ccccc5)c4)nc(-c4cc(-c5ccccc5)cc(-c5ccccc5)c4)n3)c2)cc1.c1ccc(-c2ccc3ccc4ccc(-c5cccc(-c6ccc7ccc8ccc(-c9ccccc9)nc8c7n6)c5)nc4c3n2)cc1. The molecule has 0 aliphatic heterocycles. The van der Waals surface area contributed by atoms with Crippen molar-refractivity contribution in [2.75, 3.05) is 0 Å². The van der Waals surface area contributed by atoms with Gasteiger partial charge in [0.15, 0.2) is 34.9 Å². The molecule has 0 fully saturated rings. The standard InChI is InChI=1S/C57H39N3.C42H26N4.C36H27N3/c1-7-19-40(20-8-1)46-31-47(41-21-9-2-10-22-41)35-52(34-46)55-58-56(53-36-48(42-23-11-3-12-24-42)32-49(37-53)43-25-13-4-14-26-43)60-57(59-55)54-38-50(44-27-15-5-16-28-44)33-51(39-54)45-29-17-6-18-30-45;1-3-8-27(9-4-1)35-22-18-29-14-16-31-20-24-37(45-41(31)39(29)43-35)33-12-7-13-34(26-33)38-25-21-32-17-15-30-19-23-36(28-10-5-2-6-11-28)44-40(30)42(32)46-38;1-36(2)31-16-10-9-15-29(31)30-22-21-28(23-32(30)36)35-38-33(26-13-7-4-8-14-26)37-34(39-35)27-19-17-25(18-20-27)24-11-5-3-6-12-24/h1-39H;1-26H;3-23H,1-2H3. The van der Waals surface area contributed by atoms with Crippen molar-refractivity contribution in [2.45, 2.75) is 19.3 Å². The average Bonchev–Trinajstić information content (AvgIpc) is 1.58. The van der Waals surface area contributed by atoms with Crippen LogP contribution in [-0.4, -0.2) is 49.8 Å². The van der Waals surface area contributed by atoms with Gasteiger partial charge in [-0.15, -0.1) is 0 Å². The topological polar surface area (TPSA) is 129 Å². The molecule has 6 aromatic heterocycles. The van der Waals surface area contributed by atoms with E-state index in [0.29, 0.717) is 34.9 Å². The van der Waals surface area contributed by atoms with Crippen LogP contribution >= 0.6 is 0 Å². The number of rotatable bonds is 17. The van der Waals surface area contributed by atoms with E-state index in [4.69, 9.17) is 49.8 Å². The Morgan fingerprint density at radius 1 is 0.124 bits per heavy atom. The fourth-order valence-corrected chi connectivity index (χ4v) is 19.7. The van der Waals surface area contributed by atoms with E-state index in [9.17, 15) is 0 Å². The largest absolute Gasteiger partial charge is 0.245 e. The number of pyridine rings is 4. The summed E-state index contributed by atoms with van der Waals surface area (Å²) >= 11 is 0. The van der Waals surface area contributed by atoms with Crippen LogP contribution in [0, 0.1) is 0 Å². The molecule has 0 N–H and O–H groups in total. The fraction of sp³-hybridized carbons (Fsp3) is 0.0222. The number of benzene rings is 19. The molecule has 1 aliphatic rings. The highest BCUT2D eigenvalue weighted by molar-refractivity contribution is 6.06. The first-order chi connectivity index (χ1) is 71.5. The zero-order chi connectivity index (χ0) is 96.9. The van der Waals surface area contributed by atoms with Crippen molar-refractivity contribution < 1.29 is 0 Å². The second-order valence-corrected chi connectivity index (χ2v) is 37.0. The maximum atomic E-state index is 5.38. The van der Waals surface area contributed by atoms with Gasteiger partial charge in [0.05, 0.1) is 44.8 Å². The summed E-state index contributed by atoms with van der Waals surface area (Å²) in [5.41, 5.74) is 37.9. The zero-order valence-corrected chi connectivity index (χ0v) is 79.6. The number of fused-ring (bicyclic) bond motifs is 9. The highest BCUT2D eigenvalue weighted by atomic mass is 15.0. The third kappa shape index (κ3) is 18.5. The van der Waals surface area contributed by atoms with Gasteiger partial charge < -0.3 is 0 Å². The van der Waals surface area contributed by atoms with Crippen LogP contribution in [0.1, 0.15) is 25.0 Å². The molecule has 10 nitrogen and oxygen atoms in total. The minimum absolute atomic E-state index is 0.0900. The second kappa shape index (κ2) is 39.3. The van der Waals surface area contributed by atoms with Gasteiger partial charge in [0, 0.05) is 82.6 Å². The van der Waals surface area contributed by atoms with E-state index in [1.807, 2.05) is 72.8 Å². The summed E-state index contributed by atoms with van der Waals surface area (Å²) in [5, 5.41) is 4.27. The quantitative estimate of drug-likeness (QED) is 0.0813. The van der Waals surface area contributed by atoms with Gasteiger partial charge in [0.25, 0.3) is 0 Å².